The first-order valence-corrected chi connectivity index (χ1v) is 4.73. The average molecular weight is 155 g/mol. The lowest BCUT2D eigenvalue weighted by molar-refractivity contribution is -0.165. The second-order valence-corrected chi connectivity index (χ2v) is 3.90. The maximum absolute atomic E-state index is 5.93. The zero-order valence-corrected chi connectivity index (χ0v) is 7.01. The van der Waals surface area contributed by atoms with Crippen molar-refractivity contribution in [2.45, 2.75) is 50.2 Å². The molecule has 1 aliphatic carbocycles. The molecule has 0 aromatic rings. The zero-order valence-electron chi connectivity index (χ0n) is 7.01. The zero-order chi connectivity index (χ0) is 7.73. The molecule has 0 radical (unpaired) electrons. The van der Waals surface area contributed by atoms with Crippen molar-refractivity contribution in [1.82, 2.24) is 0 Å². The third-order valence-corrected chi connectivity index (χ3v) is 3.10. The molecule has 0 aromatic heterocycles. The Hall–Kier alpha value is -0.0800. The first kappa shape index (κ1) is 7.56. The van der Waals surface area contributed by atoms with Crippen molar-refractivity contribution in [2.75, 3.05) is 6.54 Å². The minimum atomic E-state index is 0.294. The summed E-state index contributed by atoms with van der Waals surface area (Å²) >= 11 is 0. The molecular weight excluding hydrogens is 138 g/mol. The van der Waals surface area contributed by atoms with Gasteiger partial charge in [0.15, 0.2) is 0 Å². The summed E-state index contributed by atoms with van der Waals surface area (Å²) in [4.78, 5) is 0. The Morgan fingerprint density at radius 2 is 2.00 bits per heavy atom. The van der Waals surface area contributed by atoms with Crippen LogP contribution in [0, 0.1) is 0 Å². The van der Waals surface area contributed by atoms with E-state index in [0.717, 1.165) is 0 Å². The highest BCUT2D eigenvalue weighted by molar-refractivity contribution is 4.93. The molecule has 2 N–H and O–H groups in total. The minimum Gasteiger partial charge on any atom is -0.370 e. The molecule has 11 heavy (non-hydrogen) atoms. The topological polar surface area (TPSA) is 35.2 Å². The van der Waals surface area contributed by atoms with Gasteiger partial charge in [-0.1, -0.05) is 0 Å². The van der Waals surface area contributed by atoms with Crippen molar-refractivity contribution in [2.24, 2.45) is 5.73 Å². The van der Waals surface area contributed by atoms with Crippen LogP contribution in [0.4, 0.5) is 0 Å². The summed E-state index contributed by atoms with van der Waals surface area (Å²) in [6.07, 6.45) is 8.07. The fourth-order valence-electron chi connectivity index (χ4n) is 2.23. The van der Waals surface area contributed by atoms with E-state index in [1.165, 1.54) is 38.5 Å². The van der Waals surface area contributed by atoms with E-state index >= 15 is 0 Å². The van der Waals surface area contributed by atoms with Crippen molar-refractivity contribution in [3.8, 4) is 0 Å². The van der Waals surface area contributed by atoms with Gasteiger partial charge in [-0.15, -0.1) is 0 Å². The molecule has 1 atom stereocenters. The molecule has 1 saturated carbocycles. The largest absolute Gasteiger partial charge is 0.370 e. The highest BCUT2D eigenvalue weighted by atomic mass is 16.5. The molecule has 0 aromatic carbocycles. The molecule has 1 unspecified atom stereocenters. The first-order chi connectivity index (χ1) is 5.35. The van der Waals surface area contributed by atoms with Crippen molar-refractivity contribution in [3.63, 3.8) is 0 Å². The van der Waals surface area contributed by atoms with E-state index in [-0.39, 0.29) is 0 Å². The van der Waals surface area contributed by atoms with Gasteiger partial charge in [-0.3, -0.25) is 0 Å². The summed E-state index contributed by atoms with van der Waals surface area (Å²) in [5.41, 5.74) is 5.87. The quantitative estimate of drug-likeness (QED) is 0.622. The average Bonchev–Trinajstić information content (AvgIpc) is 2.02. The number of ether oxygens (including phenoxy) is 1. The van der Waals surface area contributed by atoms with Crippen LogP contribution >= 0.6 is 0 Å². The van der Waals surface area contributed by atoms with Gasteiger partial charge in [0.1, 0.15) is 0 Å². The number of nitrogens with two attached hydrogens (primary N) is 1. The van der Waals surface area contributed by atoms with Crippen molar-refractivity contribution >= 4 is 0 Å². The molecule has 2 heteroatoms. The molecule has 1 spiro atoms. The molecule has 2 nitrogen and oxygen atoms in total. The third-order valence-electron chi connectivity index (χ3n) is 3.10. The number of rotatable bonds is 1. The molecule has 2 aliphatic rings. The minimum absolute atomic E-state index is 0.294. The molecule has 0 bridgehead atoms. The molecule has 1 aliphatic heterocycles. The van der Waals surface area contributed by atoms with E-state index in [1.807, 2.05) is 0 Å². The van der Waals surface area contributed by atoms with E-state index in [1.54, 1.807) is 0 Å². The molecule has 1 heterocycles. The summed E-state index contributed by atoms with van der Waals surface area (Å²) in [7, 11) is 0. The van der Waals surface area contributed by atoms with E-state index < -0.39 is 0 Å². The standard InChI is InChI=1S/C9H17NO/c10-7-8-3-1-4-9(11-8)5-2-6-9/h8H,1-7,10H2. The summed E-state index contributed by atoms with van der Waals surface area (Å²) < 4.78 is 5.93. The van der Waals surface area contributed by atoms with Gasteiger partial charge in [0.25, 0.3) is 0 Å². The maximum Gasteiger partial charge on any atom is 0.0704 e. The van der Waals surface area contributed by atoms with Gasteiger partial charge in [0.2, 0.25) is 0 Å². The highest BCUT2D eigenvalue weighted by Gasteiger charge is 2.41. The molecule has 2 rings (SSSR count). The Morgan fingerprint density at radius 3 is 2.55 bits per heavy atom. The SMILES string of the molecule is NCC1CCCC2(CCC2)O1. The molecular formula is C9H17NO. The van der Waals surface area contributed by atoms with Crippen LogP contribution in [0.5, 0.6) is 0 Å². The van der Waals surface area contributed by atoms with Gasteiger partial charge in [0, 0.05) is 6.54 Å². The molecule has 64 valence electrons. The highest BCUT2D eigenvalue weighted by Crippen LogP contribution is 2.43. The second kappa shape index (κ2) is 2.76. The smallest absolute Gasteiger partial charge is 0.0704 e. The van der Waals surface area contributed by atoms with Gasteiger partial charge in [-0.2, -0.15) is 0 Å². The van der Waals surface area contributed by atoms with Gasteiger partial charge < -0.3 is 10.5 Å². The number of hydrogen-bond acceptors (Lipinski definition) is 2. The van der Waals surface area contributed by atoms with Gasteiger partial charge >= 0.3 is 0 Å². The third kappa shape index (κ3) is 1.30. The van der Waals surface area contributed by atoms with Crippen molar-refractivity contribution in [3.05, 3.63) is 0 Å². The Kier molecular flexibility index (Phi) is 1.90. The van der Waals surface area contributed by atoms with E-state index in [9.17, 15) is 0 Å². The monoisotopic (exact) mass is 155 g/mol. The normalized spacial score (nSPS) is 35.2. The van der Waals surface area contributed by atoms with Crippen LogP contribution in [0.1, 0.15) is 38.5 Å². The Morgan fingerprint density at radius 1 is 1.27 bits per heavy atom. The van der Waals surface area contributed by atoms with Gasteiger partial charge in [0.05, 0.1) is 11.7 Å². The second-order valence-electron chi connectivity index (χ2n) is 3.90. The first-order valence-electron chi connectivity index (χ1n) is 4.73. The predicted molar refractivity (Wildman–Crippen MR) is 44.4 cm³/mol. The van der Waals surface area contributed by atoms with Crippen LogP contribution in [0.15, 0.2) is 0 Å². The fourth-order valence-corrected chi connectivity index (χ4v) is 2.23. The summed E-state index contributed by atoms with van der Waals surface area (Å²) in [5, 5.41) is 0. The van der Waals surface area contributed by atoms with Crippen LogP contribution in [-0.2, 0) is 4.74 Å². The lowest BCUT2D eigenvalue weighted by Gasteiger charge is -2.47. The van der Waals surface area contributed by atoms with Crippen LogP contribution in [-0.4, -0.2) is 18.2 Å². The lowest BCUT2D eigenvalue weighted by Crippen LogP contribution is -2.47. The van der Waals surface area contributed by atoms with Crippen LogP contribution in [0.3, 0.4) is 0 Å². The Bertz CT molecular complexity index is 142. The summed E-state index contributed by atoms with van der Waals surface area (Å²) in [5.74, 6) is 0. The fraction of sp³-hybridized carbons (Fsp3) is 1.00. The van der Waals surface area contributed by atoms with Crippen LogP contribution in [0.2, 0.25) is 0 Å². The lowest BCUT2D eigenvalue weighted by atomic mass is 9.74. The van der Waals surface area contributed by atoms with Crippen molar-refractivity contribution < 1.29 is 4.74 Å². The van der Waals surface area contributed by atoms with Crippen molar-refractivity contribution in [1.29, 1.82) is 0 Å². The Labute approximate surface area is 68.1 Å². The van der Waals surface area contributed by atoms with E-state index in [0.29, 0.717) is 18.2 Å². The predicted octanol–water partition coefficient (Wildman–Crippen LogP) is 1.44. The number of hydrogen-bond donors (Lipinski definition) is 1. The molecule has 2 fully saturated rings. The van der Waals surface area contributed by atoms with E-state index in [2.05, 4.69) is 0 Å². The Balaban J connectivity index is 1.92. The summed E-state index contributed by atoms with van der Waals surface area (Å²) in [6.45, 7) is 0.710. The van der Waals surface area contributed by atoms with Gasteiger partial charge in [-0.25, -0.2) is 0 Å². The van der Waals surface area contributed by atoms with Crippen LogP contribution < -0.4 is 5.73 Å². The van der Waals surface area contributed by atoms with E-state index in [4.69, 9.17) is 10.5 Å². The molecule has 0 amide bonds. The molecule has 1 saturated heterocycles. The van der Waals surface area contributed by atoms with Gasteiger partial charge in [-0.05, 0) is 38.5 Å². The van der Waals surface area contributed by atoms with Crippen LogP contribution in [0.25, 0.3) is 0 Å². The maximum atomic E-state index is 5.93. The summed E-state index contributed by atoms with van der Waals surface area (Å²) in [6, 6.07) is 0.